The fourth-order valence-electron chi connectivity index (χ4n) is 2.17. The van der Waals surface area contributed by atoms with Crippen LogP contribution in [-0.4, -0.2) is 11.5 Å². The summed E-state index contributed by atoms with van der Waals surface area (Å²) in [5.41, 5.74) is 7.23. The van der Waals surface area contributed by atoms with Crippen LogP contribution in [0.2, 0.25) is 0 Å². The summed E-state index contributed by atoms with van der Waals surface area (Å²) in [5.74, 6) is -0.219. The van der Waals surface area contributed by atoms with Crippen molar-refractivity contribution in [1.29, 1.82) is 0 Å². The number of aryl methyl sites for hydroxylation is 2. The average Bonchev–Trinajstić information content (AvgIpc) is 2.92. The standard InChI is InChI=1S/C16H20F2N2S/c1-2-3-4-14-20-13-8-7-12(15(18)16(13)21-14)6-5-11(9-17)10-19/h7-9H,2-6,10,19H2,1H3/b11-9+. The van der Waals surface area contributed by atoms with E-state index < -0.39 is 0 Å². The van der Waals surface area contributed by atoms with Gasteiger partial charge in [0.05, 0.1) is 21.6 Å². The van der Waals surface area contributed by atoms with E-state index in [2.05, 4.69) is 11.9 Å². The van der Waals surface area contributed by atoms with Crippen LogP contribution in [-0.2, 0) is 12.8 Å². The summed E-state index contributed by atoms with van der Waals surface area (Å²) < 4.78 is 27.6. The first-order valence-electron chi connectivity index (χ1n) is 7.24. The van der Waals surface area contributed by atoms with Crippen LogP contribution < -0.4 is 5.73 Å². The summed E-state index contributed by atoms with van der Waals surface area (Å²) in [6.45, 7) is 2.29. The molecule has 114 valence electrons. The molecule has 2 N–H and O–H groups in total. The molecule has 2 nitrogen and oxygen atoms in total. The molecule has 0 aliphatic heterocycles. The normalized spacial score (nSPS) is 12.3. The summed E-state index contributed by atoms with van der Waals surface area (Å²) in [4.78, 5) is 4.47. The third-order valence-corrected chi connectivity index (χ3v) is 4.62. The Morgan fingerprint density at radius 1 is 1.38 bits per heavy atom. The Labute approximate surface area is 127 Å². The molecule has 0 unspecified atom stereocenters. The van der Waals surface area contributed by atoms with Crippen LogP contribution in [0.1, 0.15) is 36.8 Å². The second-order valence-corrected chi connectivity index (χ2v) is 6.15. The molecule has 0 aliphatic rings. The zero-order chi connectivity index (χ0) is 15.2. The third kappa shape index (κ3) is 3.86. The van der Waals surface area contributed by atoms with Gasteiger partial charge in [-0.05, 0) is 42.9 Å². The van der Waals surface area contributed by atoms with Crippen molar-refractivity contribution >= 4 is 21.6 Å². The summed E-state index contributed by atoms with van der Waals surface area (Å²) in [7, 11) is 0. The van der Waals surface area contributed by atoms with Gasteiger partial charge in [0.25, 0.3) is 0 Å². The molecular formula is C16H20F2N2S. The Morgan fingerprint density at radius 3 is 2.86 bits per heavy atom. The number of hydrogen-bond acceptors (Lipinski definition) is 3. The van der Waals surface area contributed by atoms with Crippen molar-refractivity contribution < 1.29 is 8.78 Å². The Hall–Kier alpha value is -1.33. The second kappa shape index (κ2) is 7.61. The van der Waals surface area contributed by atoms with Gasteiger partial charge in [-0.15, -0.1) is 11.3 Å². The number of nitrogens with zero attached hydrogens (tertiary/aromatic N) is 1. The van der Waals surface area contributed by atoms with Gasteiger partial charge in [-0.25, -0.2) is 13.8 Å². The van der Waals surface area contributed by atoms with Gasteiger partial charge >= 0.3 is 0 Å². The molecule has 0 saturated heterocycles. The maximum Gasteiger partial charge on any atom is 0.145 e. The average molecular weight is 310 g/mol. The van der Waals surface area contributed by atoms with Gasteiger partial charge < -0.3 is 5.73 Å². The molecule has 1 aromatic heterocycles. The molecule has 0 radical (unpaired) electrons. The minimum atomic E-state index is -0.219. The van der Waals surface area contributed by atoms with Gasteiger partial charge in [0.1, 0.15) is 5.82 Å². The fourth-order valence-corrected chi connectivity index (χ4v) is 3.24. The highest BCUT2D eigenvalue weighted by Gasteiger charge is 2.12. The quantitative estimate of drug-likeness (QED) is 0.816. The van der Waals surface area contributed by atoms with Crippen molar-refractivity contribution in [3.63, 3.8) is 0 Å². The van der Waals surface area contributed by atoms with Crippen molar-refractivity contribution in [3.8, 4) is 0 Å². The minimum absolute atomic E-state index is 0.169. The zero-order valence-corrected chi connectivity index (χ0v) is 13.0. The number of halogens is 2. The van der Waals surface area contributed by atoms with Crippen LogP contribution in [0.15, 0.2) is 24.0 Å². The first-order chi connectivity index (χ1) is 10.2. The Bertz CT molecular complexity index is 634. The van der Waals surface area contributed by atoms with Gasteiger partial charge in [-0.2, -0.15) is 0 Å². The maximum atomic E-state index is 14.5. The van der Waals surface area contributed by atoms with Gasteiger partial charge in [0, 0.05) is 6.54 Å². The highest BCUT2D eigenvalue weighted by molar-refractivity contribution is 7.18. The van der Waals surface area contributed by atoms with E-state index >= 15 is 0 Å². The second-order valence-electron chi connectivity index (χ2n) is 5.07. The minimum Gasteiger partial charge on any atom is -0.327 e. The van der Waals surface area contributed by atoms with Crippen LogP contribution in [0.5, 0.6) is 0 Å². The molecule has 0 atom stereocenters. The van der Waals surface area contributed by atoms with E-state index in [1.165, 1.54) is 11.3 Å². The van der Waals surface area contributed by atoms with E-state index in [4.69, 9.17) is 5.73 Å². The molecule has 2 aromatic rings. The highest BCUT2D eigenvalue weighted by atomic mass is 32.1. The summed E-state index contributed by atoms with van der Waals surface area (Å²) >= 11 is 1.42. The van der Waals surface area contributed by atoms with E-state index in [0.29, 0.717) is 40.5 Å². The topological polar surface area (TPSA) is 38.9 Å². The molecule has 0 amide bonds. The van der Waals surface area contributed by atoms with Crippen molar-refractivity contribution in [2.24, 2.45) is 5.73 Å². The summed E-state index contributed by atoms with van der Waals surface area (Å²) in [5, 5.41) is 0.981. The maximum absolute atomic E-state index is 14.5. The molecule has 0 spiro atoms. The smallest absolute Gasteiger partial charge is 0.145 e. The first-order valence-corrected chi connectivity index (χ1v) is 8.06. The van der Waals surface area contributed by atoms with Crippen molar-refractivity contribution in [1.82, 2.24) is 4.98 Å². The number of nitrogens with two attached hydrogens (primary N) is 1. The molecule has 0 saturated carbocycles. The van der Waals surface area contributed by atoms with Crippen molar-refractivity contribution in [2.75, 3.05) is 6.54 Å². The van der Waals surface area contributed by atoms with E-state index in [1.807, 2.05) is 6.07 Å². The van der Waals surface area contributed by atoms with E-state index in [0.717, 1.165) is 24.3 Å². The summed E-state index contributed by atoms with van der Waals surface area (Å²) in [6, 6.07) is 3.59. The Kier molecular flexibility index (Phi) is 5.82. The first kappa shape index (κ1) is 16.0. The number of hydrogen-bond donors (Lipinski definition) is 1. The number of thiazole rings is 1. The van der Waals surface area contributed by atoms with Crippen molar-refractivity contribution in [2.45, 2.75) is 39.0 Å². The van der Waals surface area contributed by atoms with E-state index in [9.17, 15) is 8.78 Å². The van der Waals surface area contributed by atoms with Gasteiger partial charge in [-0.3, -0.25) is 0 Å². The van der Waals surface area contributed by atoms with Crippen LogP contribution in [0, 0.1) is 5.82 Å². The predicted octanol–water partition coefficient (Wildman–Crippen LogP) is 4.52. The zero-order valence-electron chi connectivity index (χ0n) is 12.2. The molecule has 5 heteroatoms. The lowest BCUT2D eigenvalue weighted by molar-refractivity contribution is 0.619. The van der Waals surface area contributed by atoms with Crippen LogP contribution in [0.4, 0.5) is 8.78 Å². The van der Waals surface area contributed by atoms with Crippen LogP contribution in [0.25, 0.3) is 10.2 Å². The largest absolute Gasteiger partial charge is 0.327 e. The molecule has 0 fully saturated rings. The molecule has 1 aromatic carbocycles. The van der Waals surface area contributed by atoms with E-state index in [-0.39, 0.29) is 12.4 Å². The number of unbranched alkanes of at least 4 members (excludes halogenated alkanes) is 1. The Balaban J connectivity index is 2.20. The van der Waals surface area contributed by atoms with Crippen LogP contribution >= 0.6 is 11.3 Å². The third-order valence-electron chi connectivity index (χ3n) is 3.50. The number of rotatable bonds is 7. The van der Waals surface area contributed by atoms with Gasteiger partial charge in [-0.1, -0.05) is 19.4 Å². The number of fused-ring (bicyclic) bond motifs is 1. The molecular weight excluding hydrogens is 290 g/mol. The van der Waals surface area contributed by atoms with E-state index in [1.54, 1.807) is 6.07 Å². The molecule has 21 heavy (non-hydrogen) atoms. The fraction of sp³-hybridized carbons (Fsp3) is 0.438. The number of benzene rings is 1. The lowest BCUT2D eigenvalue weighted by Crippen LogP contribution is -2.04. The predicted molar refractivity (Wildman–Crippen MR) is 84.8 cm³/mol. The SMILES string of the molecule is CCCCc1nc2ccc(CC/C(=C\F)CN)c(F)c2s1. The van der Waals surface area contributed by atoms with Crippen LogP contribution in [0.3, 0.4) is 0 Å². The molecule has 2 rings (SSSR count). The number of aromatic nitrogens is 1. The highest BCUT2D eigenvalue weighted by Crippen LogP contribution is 2.29. The lowest BCUT2D eigenvalue weighted by Gasteiger charge is -2.05. The van der Waals surface area contributed by atoms with Gasteiger partial charge in [0.15, 0.2) is 0 Å². The molecule has 0 bridgehead atoms. The monoisotopic (exact) mass is 310 g/mol. The Morgan fingerprint density at radius 2 is 2.19 bits per heavy atom. The van der Waals surface area contributed by atoms with Gasteiger partial charge in [0.2, 0.25) is 0 Å². The molecule has 1 heterocycles. The van der Waals surface area contributed by atoms with Crippen molar-refractivity contribution in [3.05, 3.63) is 40.4 Å². The molecule has 0 aliphatic carbocycles. The summed E-state index contributed by atoms with van der Waals surface area (Å²) in [6.07, 6.45) is 4.48. The lowest BCUT2D eigenvalue weighted by atomic mass is 10.0.